The molecule has 0 aromatic carbocycles. The van der Waals surface area contributed by atoms with Crippen LogP contribution in [0, 0.1) is 0 Å². The fraction of sp³-hybridized carbons (Fsp3) is 0.923. The van der Waals surface area contributed by atoms with Crippen molar-refractivity contribution in [2.45, 2.75) is 70.3 Å². The molecule has 4 heteroatoms. The van der Waals surface area contributed by atoms with Crippen molar-refractivity contribution in [3.63, 3.8) is 0 Å². The van der Waals surface area contributed by atoms with Crippen LogP contribution >= 0.6 is 0 Å². The molecule has 0 aliphatic heterocycles. The second-order valence-corrected chi connectivity index (χ2v) is 4.85. The van der Waals surface area contributed by atoms with E-state index in [4.69, 9.17) is 4.89 Å². The van der Waals surface area contributed by atoms with Gasteiger partial charge in [0.2, 0.25) is 0 Å². The molecule has 0 atom stereocenters. The lowest BCUT2D eigenvalue weighted by molar-refractivity contribution is -0.286. The fourth-order valence-corrected chi connectivity index (χ4v) is 2.13. The number of rotatable bonds is 4. The molecular weight excluding hydrogens is 220 g/mol. The maximum atomic E-state index is 11.8. The molecular formula is C13H24O4. The van der Waals surface area contributed by atoms with Gasteiger partial charge in [0, 0.05) is 0 Å². The molecule has 1 saturated carbocycles. The average molecular weight is 244 g/mol. The first-order chi connectivity index (χ1) is 8.19. The molecule has 0 unspecified atom stereocenters. The van der Waals surface area contributed by atoms with E-state index < -0.39 is 11.6 Å². The lowest BCUT2D eigenvalue weighted by atomic mass is 9.92. The monoisotopic (exact) mass is 244 g/mol. The van der Waals surface area contributed by atoms with Gasteiger partial charge >= 0.3 is 5.97 Å². The predicted molar refractivity (Wildman–Crippen MR) is 64.2 cm³/mol. The second-order valence-electron chi connectivity index (χ2n) is 4.85. The van der Waals surface area contributed by atoms with Gasteiger partial charge in [-0.2, -0.15) is 4.89 Å². The lowest BCUT2D eigenvalue weighted by Crippen LogP contribution is -2.40. The van der Waals surface area contributed by atoms with Crippen molar-refractivity contribution in [2.75, 3.05) is 6.61 Å². The van der Waals surface area contributed by atoms with Crippen LogP contribution in [0.25, 0.3) is 0 Å². The Bertz CT molecular complexity index is 217. The molecule has 4 nitrogen and oxygen atoms in total. The van der Waals surface area contributed by atoms with Gasteiger partial charge < -0.3 is 5.11 Å². The minimum atomic E-state index is -1.34. The Balaban J connectivity index is 2.45. The van der Waals surface area contributed by atoms with Crippen molar-refractivity contribution in [2.24, 2.45) is 0 Å². The van der Waals surface area contributed by atoms with Crippen LogP contribution < -0.4 is 0 Å². The van der Waals surface area contributed by atoms with Crippen molar-refractivity contribution in [1.82, 2.24) is 0 Å². The van der Waals surface area contributed by atoms with Gasteiger partial charge in [0.25, 0.3) is 0 Å². The zero-order valence-electron chi connectivity index (χ0n) is 10.7. The third kappa shape index (κ3) is 5.04. The molecule has 1 N–H and O–H groups in total. The largest absolute Gasteiger partial charge is 0.378 e. The third-order valence-corrected chi connectivity index (χ3v) is 3.23. The van der Waals surface area contributed by atoms with Crippen molar-refractivity contribution in [1.29, 1.82) is 0 Å². The maximum Gasteiger partial charge on any atom is 0.373 e. The second kappa shape index (κ2) is 7.67. The Hall–Kier alpha value is -0.610. The van der Waals surface area contributed by atoms with E-state index in [0.717, 1.165) is 32.1 Å². The zero-order valence-corrected chi connectivity index (χ0v) is 10.7. The van der Waals surface area contributed by atoms with Crippen LogP contribution in [0.4, 0.5) is 0 Å². The SMILES string of the molecule is CCCOOC(=O)C1(O)CCCCCCCC1. The van der Waals surface area contributed by atoms with E-state index in [1.165, 1.54) is 12.8 Å². The van der Waals surface area contributed by atoms with E-state index in [2.05, 4.69) is 4.89 Å². The smallest absolute Gasteiger partial charge is 0.373 e. The molecule has 0 amide bonds. The molecule has 0 heterocycles. The molecule has 0 aromatic heterocycles. The van der Waals surface area contributed by atoms with Gasteiger partial charge in [-0.3, -0.25) is 4.89 Å². The zero-order chi connectivity index (χ0) is 12.6. The van der Waals surface area contributed by atoms with E-state index in [1.807, 2.05) is 6.92 Å². The van der Waals surface area contributed by atoms with Crippen LogP contribution in [0.5, 0.6) is 0 Å². The molecule has 100 valence electrons. The van der Waals surface area contributed by atoms with Crippen molar-refractivity contribution < 1.29 is 19.7 Å². The number of carbonyl (C=O) groups excluding carboxylic acids is 1. The summed E-state index contributed by atoms with van der Waals surface area (Å²) in [6.45, 7) is 2.31. The quantitative estimate of drug-likeness (QED) is 0.469. The average Bonchev–Trinajstić information content (AvgIpc) is 2.42. The molecule has 0 spiro atoms. The Morgan fingerprint density at radius 1 is 1.12 bits per heavy atom. The topological polar surface area (TPSA) is 55.8 Å². The van der Waals surface area contributed by atoms with Crippen LogP contribution in [0.3, 0.4) is 0 Å². The van der Waals surface area contributed by atoms with Gasteiger partial charge in [-0.15, -0.1) is 0 Å². The van der Waals surface area contributed by atoms with Crippen molar-refractivity contribution in [3.05, 3.63) is 0 Å². The standard InChI is InChI=1S/C13H24O4/c1-2-11-16-17-12(14)13(15)9-7-5-3-4-6-8-10-13/h15H,2-11H2,1H3. The molecule has 0 bridgehead atoms. The first kappa shape index (κ1) is 14.5. The first-order valence-corrected chi connectivity index (χ1v) is 6.75. The predicted octanol–water partition coefficient (Wildman–Crippen LogP) is 2.74. The first-order valence-electron chi connectivity index (χ1n) is 6.75. The van der Waals surface area contributed by atoms with E-state index in [0.29, 0.717) is 19.4 Å². The van der Waals surface area contributed by atoms with Crippen LogP contribution in [0.15, 0.2) is 0 Å². The van der Waals surface area contributed by atoms with E-state index in [-0.39, 0.29) is 0 Å². The summed E-state index contributed by atoms with van der Waals surface area (Å²) in [7, 11) is 0. The normalized spacial score (nSPS) is 21.1. The van der Waals surface area contributed by atoms with Crippen LogP contribution in [0.2, 0.25) is 0 Å². The number of carbonyl (C=O) groups is 1. The minimum absolute atomic E-state index is 0.377. The van der Waals surface area contributed by atoms with E-state index >= 15 is 0 Å². The Morgan fingerprint density at radius 2 is 1.65 bits per heavy atom. The molecule has 1 fully saturated rings. The van der Waals surface area contributed by atoms with E-state index in [1.54, 1.807) is 0 Å². The Labute approximate surface area is 103 Å². The molecule has 0 aromatic rings. The summed E-state index contributed by atoms with van der Waals surface area (Å²) in [5.74, 6) is -0.618. The van der Waals surface area contributed by atoms with Crippen molar-refractivity contribution >= 4 is 5.97 Å². The van der Waals surface area contributed by atoms with Crippen LogP contribution in [0.1, 0.15) is 64.7 Å². The minimum Gasteiger partial charge on any atom is -0.378 e. The van der Waals surface area contributed by atoms with Gasteiger partial charge in [0.1, 0.15) is 0 Å². The molecule has 1 aliphatic rings. The molecule has 0 radical (unpaired) electrons. The lowest BCUT2D eigenvalue weighted by Gasteiger charge is -2.24. The highest BCUT2D eigenvalue weighted by Crippen LogP contribution is 2.26. The highest BCUT2D eigenvalue weighted by Gasteiger charge is 2.37. The highest BCUT2D eigenvalue weighted by atomic mass is 17.2. The molecule has 1 aliphatic carbocycles. The Kier molecular flexibility index (Phi) is 6.52. The summed E-state index contributed by atoms with van der Waals surface area (Å²) in [4.78, 5) is 21.2. The number of hydrogen-bond acceptors (Lipinski definition) is 4. The third-order valence-electron chi connectivity index (χ3n) is 3.23. The van der Waals surface area contributed by atoms with Crippen LogP contribution in [-0.4, -0.2) is 23.3 Å². The van der Waals surface area contributed by atoms with Gasteiger partial charge in [0.15, 0.2) is 5.60 Å². The van der Waals surface area contributed by atoms with Gasteiger partial charge in [-0.1, -0.05) is 32.6 Å². The summed E-state index contributed by atoms with van der Waals surface area (Å²) in [5.41, 5.74) is -1.34. The summed E-state index contributed by atoms with van der Waals surface area (Å²) in [5, 5.41) is 10.3. The highest BCUT2D eigenvalue weighted by molar-refractivity contribution is 5.78. The van der Waals surface area contributed by atoms with Gasteiger partial charge in [0.05, 0.1) is 6.61 Å². The summed E-state index contributed by atoms with van der Waals surface area (Å²) in [6, 6.07) is 0. The fourth-order valence-electron chi connectivity index (χ4n) is 2.13. The van der Waals surface area contributed by atoms with Crippen LogP contribution in [-0.2, 0) is 14.6 Å². The summed E-state index contributed by atoms with van der Waals surface area (Å²) >= 11 is 0. The Morgan fingerprint density at radius 3 is 2.18 bits per heavy atom. The summed E-state index contributed by atoms with van der Waals surface area (Å²) < 4.78 is 0. The number of hydrogen-bond donors (Lipinski definition) is 1. The van der Waals surface area contributed by atoms with Crippen molar-refractivity contribution in [3.8, 4) is 0 Å². The molecule has 1 rings (SSSR count). The van der Waals surface area contributed by atoms with E-state index in [9.17, 15) is 9.90 Å². The number of aliphatic hydroxyl groups is 1. The van der Waals surface area contributed by atoms with Gasteiger partial charge in [-0.05, 0) is 32.1 Å². The maximum absolute atomic E-state index is 11.8. The molecule has 0 saturated heterocycles. The molecule has 17 heavy (non-hydrogen) atoms. The van der Waals surface area contributed by atoms with Gasteiger partial charge in [-0.25, -0.2) is 4.79 Å². The summed E-state index contributed by atoms with van der Waals surface area (Å²) in [6.07, 6.45) is 8.04.